The van der Waals surface area contributed by atoms with Crippen LogP contribution in [0.15, 0.2) is 47.5 Å². The number of hydrogen-bond acceptors (Lipinski definition) is 4. The molecule has 2 rings (SSSR count). The van der Waals surface area contributed by atoms with Crippen molar-refractivity contribution >= 4 is 42.7 Å². The second kappa shape index (κ2) is 11.4. The number of rotatable bonds is 6. The molecule has 0 aliphatic heterocycles. The number of ether oxygens (including phenoxy) is 1. The summed E-state index contributed by atoms with van der Waals surface area (Å²) in [6.07, 6.45) is -4.76. The third-order valence-corrected chi connectivity index (χ3v) is 3.69. The standard InChI is InChI=1S/C18H17F3N4O4.2ClH/c19-18(20,21)12-8-10(15(26)25-17(23)24)3-6-14(12)29-11-4-1-9(2-5-11)7-13(22)16(27)28;;/h1-6,8,13H,7,22H2,(H,27,28)(H4,23,24,25,26);2*1H/t13-;;/m0../s1. The summed E-state index contributed by atoms with van der Waals surface area (Å²) in [5.74, 6) is -3.23. The zero-order valence-corrected chi connectivity index (χ0v) is 17.3. The van der Waals surface area contributed by atoms with Crippen molar-refractivity contribution < 1.29 is 32.6 Å². The SMILES string of the molecule is Cl.Cl.NC(N)=NC(=O)c1ccc(Oc2ccc(C[C@H](N)C(=O)O)cc2)c(C(F)(F)F)c1. The number of benzene rings is 2. The van der Waals surface area contributed by atoms with E-state index in [4.69, 9.17) is 27.0 Å². The lowest BCUT2D eigenvalue weighted by atomic mass is 10.1. The van der Waals surface area contributed by atoms with E-state index in [0.29, 0.717) is 11.6 Å². The minimum atomic E-state index is -4.81. The molecule has 0 heterocycles. The van der Waals surface area contributed by atoms with Crippen molar-refractivity contribution in [2.24, 2.45) is 22.2 Å². The number of alkyl halides is 3. The lowest BCUT2D eigenvalue weighted by Gasteiger charge is -2.15. The van der Waals surface area contributed by atoms with Crippen molar-refractivity contribution in [2.75, 3.05) is 0 Å². The molecule has 1 atom stereocenters. The maximum Gasteiger partial charge on any atom is 0.420 e. The fourth-order valence-electron chi connectivity index (χ4n) is 2.32. The van der Waals surface area contributed by atoms with Gasteiger partial charge in [0.05, 0.1) is 5.56 Å². The summed E-state index contributed by atoms with van der Waals surface area (Å²) in [6.45, 7) is 0. The number of aliphatic imine (C=N–C) groups is 1. The topological polar surface area (TPSA) is 154 Å². The van der Waals surface area contributed by atoms with Crippen LogP contribution in [-0.4, -0.2) is 29.0 Å². The number of carbonyl (C=O) groups excluding carboxylic acids is 1. The van der Waals surface area contributed by atoms with Crippen LogP contribution in [0, 0.1) is 0 Å². The number of carboxylic acid groups (broad SMARTS) is 1. The smallest absolute Gasteiger partial charge is 0.420 e. The van der Waals surface area contributed by atoms with Gasteiger partial charge in [0.15, 0.2) is 5.96 Å². The third kappa shape index (κ3) is 7.96. The van der Waals surface area contributed by atoms with E-state index in [1.807, 2.05) is 0 Å². The van der Waals surface area contributed by atoms with Gasteiger partial charge in [0, 0.05) is 5.56 Å². The lowest BCUT2D eigenvalue weighted by Crippen LogP contribution is -2.32. The van der Waals surface area contributed by atoms with Crippen LogP contribution in [0.5, 0.6) is 11.5 Å². The zero-order valence-electron chi connectivity index (χ0n) is 15.6. The quantitative estimate of drug-likeness (QED) is 0.364. The van der Waals surface area contributed by atoms with Crippen LogP contribution in [0.2, 0.25) is 0 Å². The van der Waals surface area contributed by atoms with Crippen molar-refractivity contribution in [3.05, 3.63) is 59.2 Å². The maximum atomic E-state index is 13.4. The molecule has 0 bridgehead atoms. The number of nitrogens with zero attached hydrogens (tertiary/aromatic N) is 1. The fourth-order valence-corrected chi connectivity index (χ4v) is 2.32. The number of carbonyl (C=O) groups is 2. The van der Waals surface area contributed by atoms with Crippen LogP contribution in [0.25, 0.3) is 0 Å². The molecular formula is C18H19Cl2F3N4O4. The van der Waals surface area contributed by atoms with E-state index in [1.54, 1.807) is 0 Å². The molecule has 0 aromatic heterocycles. The summed E-state index contributed by atoms with van der Waals surface area (Å²) >= 11 is 0. The van der Waals surface area contributed by atoms with Gasteiger partial charge in [-0.05, 0) is 42.3 Å². The van der Waals surface area contributed by atoms with E-state index < -0.39 is 41.4 Å². The van der Waals surface area contributed by atoms with Gasteiger partial charge in [0.1, 0.15) is 17.5 Å². The molecule has 0 unspecified atom stereocenters. The Morgan fingerprint density at radius 1 is 1.06 bits per heavy atom. The molecule has 13 heteroatoms. The van der Waals surface area contributed by atoms with Gasteiger partial charge in [-0.15, -0.1) is 24.8 Å². The van der Waals surface area contributed by atoms with Crippen LogP contribution >= 0.6 is 24.8 Å². The molecule has 0 saturated heterocycles. The minimum Gasteiger partial charge on any atom is -0.480 e. The summed E-state index contributed by atoms with van der Waals surface area (Å²) in [5, 5.41) is 8.81. The Hall–Kier alpha value is -3.02. The van der Waals surface area contributed by atoms with Gasteiger partial charge in [-0.2, -0.15) is 18.2 Å². The predicted octanol–water partition coefficient (Wildman–Crippen LogP) is 2.71. The van der Waals surface area contributed by atoms with E-state index in [0.717, 1.165) is 12.1 Å². The highest BCUT2D eigenvalue weighted by Crippen LogP contribution is 2.39. The molecular weight excluding hydrogens is 464 g/mol. The van der Waals surface area contributed by atoms with Crippen LogP contribution in [0.4, 0.5) is 13.2 Å². The van der Waals surface area contributed by atoms with Crippen molar-refractivity contribution in [3.63, 3.8) is 0 Å². The number of hydrogen-bond donors (Lipinski definition) is 4. The highest BCUT2D eigenvalue weighted by Gasteiger charge is 2.35. The number of guanidine groups is 1. The molecule has 0 aliphatic rings. The van der Waals surface area contributed by atoms with Crippen molar-refractivity contribution in [3.8, 4) is 11.5 Å². The van der Waals surface area contributed by atoms with Gasteiger partial charge in [0.25, 0.3) is 5.91 Å². The highest BCUT2D eigenvalue weighted by atomic mass is 35.5. The summed E-state index contributed by atoms with van der Waals surface area (Å²) in [5.41, 5.74) is 14.6. The first-order valence-corrected chi connectivity index (χ1v) is 8.07. The Balaban J connectivity index is 0.00000450. The van der Waals surface area contributed by atoms with Gasteiger partial charge in [-0.25, -0.2) is 0 Å². The monoisotopic (exact) mass is 482 g/mol. The van der Waals surface area contributed by atoms with E-state index in [9.17, 15) is 22.8 Å². The lowest BCUT2D eigenvalue weighted by molar-refractivity contribution is -0.139. The van der Waals surface area contributed by atoms with Crippen molar-refractivity contribution in [2.45, 2.75) is 18.6 Å². The van der Waals surface area contributed by atoms with E-state index in [2.05, 4.69) is 4.99 Å². The van der Waals surface area contributed by atoms with Crippen LogP contribution in [-0.2, 0) is 17.4 Å². The minimum absolute atomic E-state index is 0. The molecule has 0 radical (unpaired) electrons. The molecule has 2 aromatic carbocycles. The van der Waals surface area contributed by atoms with Crippen LogP contribution < -0.4 is 21.9 Å². The number of nitrogens with two attached hydrogens (primary N) is 3. The molecule has 2 aromatic rings. The van der Waals surface area contributed by atoms with Crippen LogP contribution in [0.1, 0.15) is 21.5 Å². The Labute approximate surface area is 187 Å². The Morgan fingerprint density at radius 2 is 1.65 bits per heavy atom. The summed E-state index contributed by atoms with van der Waals surface area (Å²) in [6, 6.07) is 7.29. The third-order valence-electron chi connectivity index (χ3n) is 3.69. The largest absolute Gasteiger partial charge is 0.480 e. The first kappa shape index (κ1) is 28.0. The number of halogens is 5. The van der Waals surface area contributed by atoms with Gasteiger partial charge in [-0.1, -0.05) is 12.1 Å². The van der Waals surface area contributed by atoms with Gasteiger partial charge < -0.3 is 27.0 Å². The number of carboxylic acids is 1. The Bertz CT molecular complexity index is 950. The van der Waals surface area contributed by atoms with E-state index in [1.165, 1.54) is 24.3 Å². The summed E-state index contributed by atoms with van der Waals surface area (Å²) in [4.78, 5) is 25.7. The first-order chi connectivity index (χ1) is 13.5. The van der Waals surface area contributed by atoms with Gasteiger partial charge in [-0.3, -0.25) is 9.59 Å². The highest BCUT2D eigenvalue weighted by molar-refractivity contribution is 6.02. The van der Waals surface area contributed by atoms with E-state index in [-0.39, 0.29) is 42.5 Å². The molecule has 0 fully saturated rings. The second-order valence-corrected chi connectivity index (χ2v) is 5.95. The van der Waals surface area contributed by atoms with Gasteiger partial charge in [0.2, 0.25) is 0 Å². The normalized spacial score (nSPS) is 11.4. The zero-order chi connectivity index (χ0) is 21.8. The number of amides is 1. The molecule has 170 valence electrons. The van der Waals surface area contributed by atoms with Crippen molar-refractivity contribution in [1.82, 2.24) is 0 Å². The van der Waals surface area contributed by atoms with Gasteiger partial charge >= 0.3 is 12.1 Å². The molecule has 0 aliphatic carbocycles. The maximum absolute atomic E-state index is 13.4. The summed E-state index contributed by atoms with van der Waals surface area (Å²) in [7, 11) is 0. The summed E-state index contributed by atoms with van der Waals surface area (Å²) < 4.78 is 45.5. The molecule has 31 heavy (non-hydrogen) atoms. The first-order valence-electron chi connectivity index (χ1n) is 8.07. The molecule has 8 nitrogen and oxygen atoms in total. The van der Waals surface area contributed by atoms with Crippen molar-refractivity contribution in [1.29, 1.82) is 0 Å². The average Bonchev–Trinajstić information content (AvgIpc) is 2.62. The second-order valence-electron chi connectivity index (χ2n) is 5.95. The number of aliphatic carboxylic acids is 1. The Morgan fingerprint density at radius 3 is 2.13 bits per heavy atom. The fraction of sp³-hybridized carbons (Fsp3) is 0.167. The molecule has 1 amide bonds. The molecule has 0 spiro atoms. The average molecular weight is 483 g/mol. The van der Waals surface area contributed by atoms with Crippen LogP contribution in [0.3, 0.4) is 0 Å². The van der Waals surface area contributed by atoms with E-state index >= 15 is 0 Å². The predicted molar refractivity (Wildman–Crippen MR) is 112 cm³/mol. The molecule has 7 N–H and O–H groups in total. The Kier molecular flexibility index (Phi) is 10.3. The molecule has 0 saturated carbocycles.